The molecule has 0 unspecified atom stereocenters. The van der Waals surface area contributed by atoms with E-state index >= 15 is 0 Å². The molecule has 0 aliphatic rings. The van der Waals surface area contributed by atoms with E-state index in [0.717, 1.165) is 58.5 Å². The third-order valence-corrected chi connectivity index (χ3v) is 6.07. The van der Waals surface area contributed by atoms with E-state index in [-0.39, 0.29) is 0 Å². The van der Waals surface area contributed by atoms with E-state index in [4.69, 9.17) is 14.5 Å². The Morgan fingerprint density at radius 2 is 1.24 bits per heavy atom. The Hall–Kier alpha value is -4.34. The van der Waals surface area contributed by atoms with Crippen molar-refractivity contribution in [3.8, 4) is 11.5 Å². The van der Waals surface area contributed by atoms with Crippen LogP contribution in [0.25, 0.3) is 5.70 Å². The van der Waals surface area contributed by atoms with Gasteiger partial charge in [-0.15, -0.1) is 0 Å². The summed E-state index contributed by atoms with van der Waals surface area (Å²) in [5.74, 6) is 2.55. The standard InChI is InChI=1S/C32H38N3O2.BF4/c1-7-35(8-2)31(26-19-23-29(37-6)24-20-26)16-12-15-30(25-17-21-28(36-5)22-18-25)33-32(34(3)4)27-13-10-9-11-14-27;2-1(3,4)5/h9-24H,7-8H2,1-6H3;/q+1;-1. The fraction of sp³-hybridized carbons (Fsp3) is 0.250. The molecule has 224 valence electrons. The topological polar surface area (TPSA) is 37.1 Å². The average Bonchev–Trinajstić information content (AvgIpc) is 2.98. The molecule has 0 heterocycles. The molecule has 3 aromatic rings. The normalized spacial score (nSPS) is 12.0. The molecule has 0 N–H and O–H groups in total. The first-order valence-corrected chi connectivity index (χ1v) is 13.5. The van der Waals surface area contributed by atoms with Crippen LogP contribution in [0.1, 0.15) is 30.5 Å². The molecule has 0 bridgehead atoms. The van der Waals surface area contributed by atoms with Gasteiger partial charge in [0.1, 0.15) is 11.5 Å². The molecule has 0 spiro atoms. The lowest BCUT2D eigenvalue weighted by molar-refractivity contribution is -0.464. The van der Waals surface area contributed by atoms with Gasteiger partial charge in [-0.05, 0) is 97.2 Å². The fourth-order valence-electron chi connectivity index (χ4n) is 4.02. The average molecular weight is 583 g/mol. The monoisotopic (exact) mass is 583 g/mol. The van der Waals surface area contributed by atoms with Gasteiger partial charge in [0.15, 0.2) is 5.71 Å². The largest absolute Gasteiger partial charge is 0.673 e. The summed E-state index contributed by atoms with van der Waals surface area (Å²) in [5, 5.41) is 0. The van der Waals surface area contributed by atoms with E-state index in [1.165, 1.54) is 0 Å². The molecule has 3 aromatic carbocycles. The first kappa shape index (κ1) is 33.9. The third kappa shape index (κ3) is 11.3. The zero-order valence-corrected chi connectivity index (χ0v) is 24.9. The van der Waals surface area contributed by atoms with Crippen molar-refractivity contribution in [2.45, 2.75) is 13.8 Å². The lowest BCUT2D eigenvalue weighted by Crippen LogP contribution is -2.21. The van der Waals surface area contributed by atoms with Crippen molar-refractivity contribution in [3.63, 3.8) is 0 Å². The van der Waals surface area contributed by atoms with Gasteiger partial charge in [-0.1, -0.05) is 24.3 Å². The number of benzene rings is 3. The highest BCUT2D eigenvalue weighted by Crippen LogP contribution is 2.22. The lowest BCUT2D eigenvalue weighted by atomic mass is 10.1. The molecule has 0 fully saturated rings. The van der Waals surface area contributed by atoms with Crippen LogP contribution < -0.4 is 9.47 Å². The van der Waals surface area contributed by atoms with Crippen LogP contribution in [-0.2, 0) is 0 Å². The number of amidine groups is 1. The van der Waals surface area contributed by atoms with Crippen molar-refractivity contribution < 1.29 is 31.3 Å². The van der Waals surface area contributed by atoms with Crippen molar-refractivity contribution in [1.82, 2.24) is 4.90 Å². The van der Waals surface area contributed by atoms with Gasteiger partial charge in [0.2, 0.25) is 0 Å². The SMILES string of the molecule is CCN(CC)/C(=C\C=C\C(=NC(c1ccccc1)=[N+](C)C)c1ccc(OC)cc1)c1ccc(OC)cc1.F[B-](F)(F)F. The van der Waals surface area contributed by atoms with Gasteiger partial charge >= 0.3 is 13.1 Å². The summed E-state index contributed by atoms with van der Waals surface area (Å²) in [6, 6.07) is 26.4. The summed E-state index contributed by atoms with van der Waals surface area (Å²) in [6.07, 6.45) is 6.31. The molecule has 10 heteroatoms. The Balaban J connectivity index is 0.00000113. The summed E-state index contributed by atoms with van der Waals surface area (Å²) < 4.78 is 51.8. The van der Waals surface area contributed by atoms with E-state index in [1.54, 1.807) is 14.2 Å². The Bertz CT molecular complexity index is 1360. The summed E-state index contributed by atoms with van der Waals surface area (Å²) in [6.45, 7) is 6.17. The van der Waals surface area contributed by atoms with E-state index in [2.05, 4.69) is 61.2 Å². The van der Waals surface area contributed by atoms with Gasteiger partial charge in [0, 0.05) is 24.4 Å². The zero-order chi connectivity index (χ0) is 31.1. The zero-order valence-electron chi connectivity index (χ0n) is 24.9. The van der Waals surface area contributed by atoms with Gasteiger partial charge < -0.3 is 31.6 Å². The highest BCUT2D eigenvalue weighted by molar-refractivity contribution is 6.50. The second kappa shape index (κ2) is 16.8. The van der Waals surface area contributed by atoms with Gasteiger partial charge in [-0.2, -0.15) is 0 Å². The van der Waals surface area contributed by atoms with E-state index < -0.39 is 7.25 Å². The molecule has 0 aromatic heterocycles. The second-order valence-corrected chi connectivity index (χ2v) is 9.12. The quantitative estimate of drug-likeness (QED) is 0.0622. The number of aliphatic imine (C=N–C) groups is 1. The van der Waals surface area contributed by atoms with Crippen molar-refractivity contribution >= 4 is 24.5 Å². The Morgan fingerprint density at radius 3 is 1.67 bits per heavy atom. The van der Waals surface area contributed by atoms with Gasteiger partial charge in [0.25, 0.3) is 0 Å². The van der Waals surface area contributed by atoms with Crippen LogP contribution in [0.15, 0.2) is 102 Å². The molecule has 0 radical (unpaired) electrons. The van der Waals surface area contributed by atoms with Crippen LogP contribution in [0.2, 0.25) is 0 Å². The second-order valence-electron chi connectivity index (χ2n) is 9.12. The number of halogens is 4. The first-order chi connectivity index (χ1) is 20.0. The maximum absolute atomic E-state index is 9.75. The molecule has 42 heavy (non-hydrogen) atoms. The number of hydrogen-bond acceptors (Lipinski definition) is 3. The third-order valence-electron chi connectivity index (χ3n) is 6.07. The molecule has 3 rings (SSSR count). The highest BCUT2D eigenvalue weighted by Gasteiger charge is 2.20. The minimum atomic E-state index is -6.00. The number of ether oxygens (including phenoxy) is 2. The summed E-state index contributed by atoms with van der Waals surface area (Å²) >= 11 is 0. The van der Waals surface area contributed by atoms with Crippen LogP contribution in [0.4, 0.5) is 17.3 Å². The van der Waals surface area contributed by atoms with Crippen LogP contribution in [-0.4, -0.2) is 69.7 Å². The Labute approximate surface area is 246 Å². The number of nitrogens with zero attached hydrogens (tertiary/aromatic N) is 3. The predicted octanol–water partition coefficient (Wildman–Crippen LogP) is 7.45. The molecule has 0 saturated carbocycles. The molecular formula is C32H38BF4N3O2. The van der Waals surface area contributed by atoms with Crippen molar-refractivity contribution in [3.05, 3.63) is 114 Å². The highest BCUT2D eigenvalue weighted by atomic mass is 19.5. The maximum Gasteiger partial charge on any atom is 0.673 e. The maximum atomic E-state index is 9.75. The van der Waals surface area contributed by atoms with Gasteiger partial charge in [0.05, 0.1) is 33.9 Å². The van der Waals surface area contributed by atoms with E-state index in [0.29, 0.717) is 0 Å². The van der Waals surface area contributed by atoms with Crippen molar-refractivity contribution in [2.75, 3.05) is 41.4 Å². The number of hydrogen-bond donors (Lipinski definition) is 0. The smallest absolute Gasteiger partial charge is 0.497 e. The summed E-state index contributed by atoms with van der Waals surface area (Å²) in [4.78, 5) is 7.47. The molecule has 0 aliphatic heterocycles. The fourth-order valence-corrected chi connectivity index (χ4v) is 4.02. The molecule has 0 aliphatic carbocycles. The van der Waals surface area contributed by atoms with Crippen LogP contribution in [0.3, 0.4) is 0 Å². The predicted molar refractivity (Wildman–Crippen MR) is 165 cm³/mol. The molecular weight excluding hydrogens is 545 g/mol. The van der Waals surface area contributed by atoms with Crippen molar-refractivity contribution in [1.29, 1.82) is 0 Å². The minimum absolute atomic E-state index is 0.815. The van der Waals surface area contributed by atoms with E-state index in [1.807, 2.05) is 73.3 Å². The Morgan fingerprint density at radius 1 is 0.762 bits per heavy atom. The lowest BCUT2D eigenvalue weighted by Gasteiger charge is -2.24. The number of rotatable bonds is 10. The van der Waals surface area contributed by atoms with E-state index in [9.17, 15) is 17.3 Å². The van der Waals surface area contributed by atoms with Crippen LogP contribution in [0, 0.1) is 0 Å². The first-order valence-electron chi connectivity index (χ1n) is 13.5. The molecule has 0 saturated heterocycles. The molecule has 0 amide bonds. The molecule has 5 nitrogen and oxygen atoms in total. The van der Waals surface area contributed by atoms with Gasteiger partial charge in [-0.25, -0.2) is 0 Å². The molecule has 0 atom stereocenters. The van der Waals surface area contributed by atoms with Crippen molar-refractivity contribution in [2.24, 2.45) is 4.99 Å². The minimum Gasteiger partial charge on any atom is -0.497 e. The number of allylic oxidation sites excluding steroid dienone is 3. The summed E-state index contributed by atoms with van der Waals surface area (Å²) in [5.41, 5.74) is 5.22. The van der Waals surface area contributed by atoms with Gasteiger partial charge in [-0.3, -0.25) is 4.58 Å². The Kier molecular flexibility index (Phi) is 13.6. The summed E-state index contributed by atoms with van der Waals surface area (Å²) in [7, 11) is 1.40. The van der Waals surface area contributed by atoms with Crippen LogP contribution in [0.5, 0.6) is 11.5 Å². The number of methoxy groups -OCH3 is 2. The van der Waals surface area contributed by atoms with Crippen LogP contribution >= 0.6 is 0 Å².